The molecule has 25 heavy (non-hydrogen) atoms. The maximum Gasteiger partial charge on any atom is 0.229 e. The van der Waals surface area contributed by atoms with Crippen LogP contribution < -0.4 is 15.4 Å². The van der Waals surface area contributed by atoms with E-state index in [-0.39, 0.29) is 24.3 Å². The monoisotopic (exact) mass is 349 g/mol. The zero-order valence-corrected chi connectivity index (χ0v) is 15.2. The average Bonchev–Trinajstić information content (AvgIpc) is 3.04. The number of primary amides is 1. The Bertz CT molecular complexity index is 622. The second kappa shape index (κ2) is 8.64. The predicted molar refractivity (Wildman–Crippen MR) is 94.4 cm³/mol. The minimum atomic E-state index is -0.366. The Labute approximate surface area is 148 Å². The summed E-state index contributed by atoms with van der Waals surface area (Å²) in [4.78, 5) is 36.0. The molecule has 1 atom stereocenters. The third kappa shape index (κ3) is 5.04. The SMILES string of the molecule is CCN(c1nc(C)cc(OC)n1)C1CCN(C(=O)CCCC(N)=O)C1. The summed E-state index contributed by atoms with van der Waals surface area (Å²) < 4.78 is 5.24. The highest BCUT2D eigenvalue weighted by molar-refractivity contribution is 5.78. The summed E-state index contributed by atoms with van der Waals surface area (Å²) in [5.41, 5.74) is 5.96. The largest absolute Gasteiger partial charge is 0.481 e. The Morgan fingerprint density at radius 3 is 2.80 bits per heavy atom. The highest BCUT2D eigenvalue weighted by atomic mass is 16.5. The van der Waals surface area contributed by atoms with Crippen LogP contribution in [0.25, 0.3) is 0 Å². The predicted octanol–water partition coefficient (Wildman–Crippen LogP) is 0.876. The van der Waals surface area contributed by atoms with Crippen LogP contribution in [-0.2, 0) is 9.59 Å². The van der Waals surface area contributed by atoms with Gasteiger partial charge in [-0.05, 0) is 26.7 Å². The molecule has 0 bridgehead atoms. The third-order valence-electron chi connectivity index (χ3n) is 4.40. The maximum atomic E-state index is 12.3. The van der Waals surface area contributed by atoms with Gasteiger partial charge in [0.1, 0.15) is 0 Å². The van der Waals surface area contributed by atoms with Crippen molar-refractivity contribution in [3.8, 4) is 5.88 Å². The molecule has 1 unspecified atom stereocenters. The van der Waals surface area contributed by atoms with Crippen LogP contribution in [0.2, 0.25) is 0 Å². The smallest absolute Gasteiger partial charge is 0.229 e. The summed E-state index contributed by atoms with van der Waals surface area (Å²) in [6.07, 6.45) is 1.98. The van der Waals surface area contributed by atoms with Crippen molar-refractivity contribution in [2.75, 3.05) is 31.6 Å². The van der Waals surface area contributed by atoms with Crippen molar-refractivity contribution in [3.63, 3.8) is 0 Å². The second-order valence-corrected chi connectivity index (χ2v) is 6.24. The molecule has 1 aromatic heterocycles. The number of ether oxygens (including phenoxy) is 1. The van der Waals surface area contributed by atoms with Gasteiger partial charge in [-0.3, -0.25) is 9.59 Å². The summed E-state index contributed by atoms with van der Waals surface area (Å²) in [6, 6.07) is 1.97. The normalized spacial score (nSPS) is 16.8. The lowest BCUT2D eigenvalue weighted by Crippen LogP contribution is -2.40. The topological polar surface area (TPSA) is 102 Å². The molecule has 1 fully saturated rings. The van der Waals surface area contributed by atoms with Crippen molar-refractivity contribution in [2.24, 2.45) is 5.73 Å². The Morgan fingerprint density at radius 1 is 1.40 bits per heavy atom. The number of carbonyl (C=O) groups excluding carboxylic acids is 2. The van der Waals surface area contributed by atoms with E-state index in [2.05, 4.69) is 21.8 Å². The molecule has 0 aliphatic carbocycles. The van der Waals surface area contributed by atoms with Crippen LogP contribution in [-0.4, -0.2) is 59.5 Å². The Kier molecular flexibility index (Phi) is 6.55. The summed E-state index contributed by atoms with van der Waals surface area (Å²) in [7, 11) is 1.59. The van der Waals surface area contributed by atoms with Crippen molar-refractivity contribution < 1.29 is 14.3 Å². The molecular formula is C17H27N5O3. The van der Waals surface area contributed by atoms with Crippen LogP contribution in [0.1, 0.15) is 38.3 Å². The molecule has 2 N–H and O–H groups in total. The first-order chi connectivity index (χ1) is 11.9. The lowest BCUT2D eigenvalue weighted by atomic mass is 10.2. The first kappa shape index (κ1) is 19.0. The average molecular weight is 349 g/mol. The van der Waals surface area contributed by atoms with Gasteiger partial charge in [-0.2, -0.15) is 4.98 Å². The van der Waals surface area contributed by atoms with Gasteiger partial charge in [0.05, 0.1) is 13.2 Å². The number of hydrogen-bond acceptors (Lipinski definition) is 6. The van der Waals surface area contributed by atoms with Crippen LogP contribution >= 0.6 is 0 Å². The van der Waals surface area contributed by atoms with E-state index >= 15 is 0 Å². The van der Waals surface area contributed by atoms with E-state index in [0.717, 1.165) is 18.7 Å². The van der Waals surface area contributed by atoms with Crippen molar-refractivity contribution in [3.05, 3.63) is 11.8 Å². The van der Waals surface area contributed by atoms with E-state index < -0.39 is 0 Å². The van der Waals surface area contributed by atoms with Crippen molar-refractivity contribution in [1.82, 2.24) is 14.9 Å². The molecule has 0 spiro atoms. The van der Waals surface area contributed by atoms with Gasteiger partial charge in [-0.15, -0.1) is 0 Å². The molecule has 8 heteroatoms. The van der Waals surface area contributed by atoms with Crippen molar-refractivity contribution in [1.29, 1.82) is 0 Å². The van der Waals surface area contributed by atoms with E-state index in [1.165, 1.54) is 0 Å². The van der Waals surface area contributed by atoms with E-state index in [9.17, 15) is 9.59 Å². The Morgan fingerprint density at radius 2 is 2.16 bits per heavy atom. The highest BCUT2D eigenvalue weighted by Crippen LogP contribution is 2.23. The first-order valence-corrected chi connectivity index (χ1v) is 8.67. The quantitative estimate of drug-likeness (QED) is 0.747. The number of likely N-dealkylation sites (tertiary alicyclic amines) is 1. The molecule has 1 aliphatic rings. The fraction of sp³-hybridized carbons (Fsp3) is 0.647. The van der Waals surface area contributed by atoms with Gasteiger partial charge in [0.25, 0.3) is 0 Å². The number of nitrogens with two attached hydrogens (primary N) is 1. The number of hydrogen-bond donors (Lipinski definition) is 1. The third-order valence-corrected chi connectivity index (χ3v) is 4.40. The fourth-order valence-corrected chi connectivity index (χ4v) is 3.12. The van der Waals surface area contributed by atoms with Crippen molar-refractivity contribution >= 4 is 17.8 Å². The number of nitrogens with zero attached hydrogens (tertiary/aromatic N) is 4. The van der Waals surface area contributed by atoms with Gasteiger partial charge < -0.3 is 20.3 Å². The van der Waals surface area contributed by atoms with E-state index in [4.69, 9.17) is 10.5 Å². The van der Waals surface area contributed by atoms with Crippen LogP contribution in [0.4, 0.5) is 5.95 Å². The van der Waals surface area contributed by atoms with Crippen LogP contribution in [0.15, 0.2) is 6.07 Å². The van der Waals surface area contributed by atoms with Crippen LogP contribution in [0.5, 0.6) is 5.88 Å². The Balaban J connectivity index is 2.00. The number of anilines is 1. The minimum absolute atomic E-state index is 0.0718. The molecule has 1 saturated heterocycles. The first-order valence-electron chi connectivity index (χ1n) is 8.67. The number of carbonyl (C=O) groups is 2. The molecule has 138 valence electrons. The number of aryl methyl sites for hydroxylation is 1. The zero-order valence-electron chi connectivity index (χ0n) is 15.2. The number of rotatable bonds is 8. The molecule has 2 rings (SSSR count). The van der Waals surface area contributed by atoms with Gasteiger partial charge in [-0.25, -0.2) is 4.98 Å². The molecular weight excluding hydrogens is 322 g/mol. The molecule has 8 nitrogen and oxygen atoms in total. The summed E-state index contributed by atoms with van der Waals surface area (Å²) in [5.74, 6) is 0.878. The lowest BCUT2D eigenvalue weighted by Gasteiger charge is -2.28. The Hall–Kier alpha value is -2.38. The molecule has 0 radical (unpaired) electrons. The number of aromatic nitrogens is 2. The van der Waals surface area contributed by atoms with Crippen LogP contribution in [0, 0.1) is 6.92 Å². The molecule has 2 amide bonds. The van der Waals surface area contributed by atoms with Crippen molar-refractivity contribution in [2.45, 2.75) is 45.6 Å². The molecule has 2 heterocycles. The van der Waals surface area contributed by atoms with Gasteiger partial charge >= 0.3 is 0 Å². The van der Waals surface area contributed by atoms with Gasteiger partial charge in [-0.1, -0.05) is 0 Å². The zero-order chi connectivity index (χ0) is 18.4. The molecule has 1 aliphatic heterocycles. The van der Waals surface area contributed by atoms with E-state index in [1.807, 2.05) is 11.8 Å². The number of amides is 2. The number of likely N-dealkylation sites (N-methyl/N-ethyl adjacent to an activating group) is 1. The molecule has 0 aromatic carbocycles. The van der Waals surface area contributed by atoms with Gasteiger partial charge in [0.2, 0.25) is 23.6 Å². The minimum Gasteiger partial charge on any atom is -0.481 e. The summed E-state index contributed by atoms with van der Waals surface area (Å²) >= 11 is 0. The van der Waals surface area contributed by atoms with E-state index in [1.54, 1.807) is 13.2 Å². The van der Waals surface area contributed by atoms with Gasteiger partial charge in [0, 0.05) is 44.2 Å². The summed E-state index contributed by atoms with van der Waals surface area (Å²) in [5, 5.41) is 0. The molecule has 1 aromatic rings. The highest BCUT2D eigenvalue weighted by Gasteiger charge is 2.31. The van der Waals surface area contributed by atoms with Crippen LogP contribution in [0.3, 0.4) is 0 Å². The van der Waals surface area contributed by atoms with Gasteiger partial charge in [0.15, 0.2) is 0 Å². The maximum absolute atomic E-state index is 12.3. The second-order valence-electron chi connectivity index (χ2n) is 6.24. The lowest BCUT2D eigenvalue weighted by molar-refractivity contribution is -0.130. The van der Waals surface area contributed by atoms with E-state index in [0.29, 0.717) is 37.8 Å². The molecule has 0 saturated carbocycles. The fourth-order valence-electron chi connectivity index (χ4n) is 3.12. The standard InChI is InChI=1S/C17H27N5O3/c1-4-22(17-19-12(2)10-15(20-17)25-3)13-8-9-21(11-13)16(24)7-5-6-14(18)23/h10,13H,4-9,11H2,1-3H3,(H2,18,23). The summed E-state index contributed by atoms with van der Waals surface area (Å²) in [6.45, 7) is 6.06. The number of methoxy groups -OCH3 is 1.